The van der Waals surface area contributed by atoms with Gasteiger partial charge in [-0.1, -0.05) is 35.9 Å². The van der Waals surface area contributed by atoms with Crippen LogP contribution in [0.5, 0.6) is 5.75 Å². The van der Waals surface area contributed by atoms with Crippen molar-refractivity contribution >= 4 is 27.5 Å². The van der Waals surface area contributed by atoms with Gasteiger partial charge in [-0.2, -0.15) is 0 Å². The number of amides is 2. The fraction of sp³-hybridized carbons (Fsp3) is 0.200. The molecule has 3 aromatic carbocycles. The smallest absolute Gasteiger partial charge is 0.279 e. The Hall–Kier alpha value is -3.85. The lowest BCUT2D eigenvalue weighted by Crippen LogP contribution is -2.47. The molecule has 2 amide bonds. The van der Waals surface area contributed by atoms with Gasteiger partial charge in [0.1, 0.15) is 5.75 Å². The summed E-state index contributed by atoms with van der Waals surface area (Å²) in [5, 5.41) is 0. The summed E-state index contributed by atoms with van der Waals surface area (Å²) < 4.78 is 33.6. The first-order valence-corrected chi connectivity index (χ1v) is 12.1. The van der Waals surface area contributed by atoms with E-state index in [4.69, 9.17) is 4.74 Å². The summed E-state index contributed by atoms with van der Waals surface area (Å²) in [5.74, 6) is -0.647. The van der Waals surface area contributed by atoms with Crippen molar-refractivity contribution in [3.05, 3.63) is 89.0 Å². The van der Waals surface area contributed by atoms with Crippen molar-refractivity contribution in [1.82, 2.24) is 10.9 Å². The fourth-order valence-electron chi connectivity index (χ4n) is 3.03. The van der Waals surface area contributed by atoms with Crippen LogP contribution in [0.1, 0.15) is 34.0 Å². The van der Waals surface area contributed by atoms with E-state index in [9.17, 15) is 18.0 Å². The normalized spacial score (nSPS) is 11.9. The number of hydrogen-bond donors (Lipinski definition) is 3. The molecule has 1 atom stereocenters. The summed E-state index contributed by atoms with van der Waals surface area (Å²) in [6, 6.07) is 17.9. The molecule has 0 aliphatic carbocycles. The molecule has 0 aromatic heterocycles. The molecule has 0 aliphatic rings. The number of hydrogen-bond acceptors (Lipinski definition) is 5. The van der Waals surface area contributed by atoms with E-state index < -0.39 is 27.9 Å². The molecule has 178 valence electrons. The van der Waals surface area contributed by atoms with Gasteiger partial charge >= 0.3 is 0 Å². The monoisotopic (exact) mass is 481 g/mol. The molecular formula is C25H27N3O5S. The minimum Gasteiger partial charge on any atom is -0.481 e. The first-order chi connectivity index (χ1) is 16.1. The Morgan fingerprint density at radius 1 is 0.882 bits per heavy atom. The van der Waals surface area contributed by atoms with Crippen molar-refractivity contribution in [3.8, 4) is 5.75 Å². The number of benzene rings is 3. The number of sulfonamides is 1. The molecule has 3 N–H and O–H groups in total. The first kappa shape index (κ1) is 24.8. The molecule has 0 aliphatic heterocycles. The summed E-state index contributed by atoms with van der Waals surface area (Å²) >= 11 is 0. The average molecular weight is 482 g/mol. The maximum Gasteiger partial charge on any atom is 0.279 e. The number of ether oxygens (including phenoxy) is 1. The van der Waals surface area contributed by atoms with Crippen molar-refractivity contribution in [1.29, 1.82) is 0 Å². The number of nitrogens with one attached hydrogen (secondary N) is 3. The molecule has 0 saturated carbocycles. The zero-order valence-electron chi connectivity index (χ0n) is 19.4. The standard InChI is InChI=1S/C25H27N3O5S/c1-16-11-13-21(14-12-16)28-34(31,32)22-9-6-8-20(15-22)25(30)27-26-24(29)19(4)33-23-10-5-7-17(2)18(23)3/h5-15,19,28H,1-4H3,(H,26,29)(H,27,30). The van der Waals surface area contributed by atoms with Crippen LogP contribution in [-0.2, 0) is 14.8 Å². The van der Waals surface area contributed by atoms with Crippen LogP contribution >= 0.6 is 0 Å². The highest BCUT2D eigenvalue weighted by Gasteiger charge is 2.19. The van der Waals surface area contributed by atoms with E-state index in [1.165, 1.54) is 24.3 Å². The predicted octanol–water partition coefficient (Wildman–Crippen LogP) is 3.64. The molecule has 3 aromatic rings. The molecule has 0 fully saturated rings. The summed E-state index contributed by atoms with van der Waals surface area (Å²) in [5.41, 5.74) is 8.02. The molecule has 0 heterocycles. The number of carbonyl (C=O) groups excluding carboxylic acids is 2. The van der Waals surface area contributed by atoms with E-state index >= 15 is 0 Å². The van der Waals surface area contributed by atoms with Gasteiger partial charge in [0.15, 0.2) is 6.10 Å². The summed E-state index contributed by atoms with van der Waals surface area (Å²) in [4.78, 5) is 24.8. The molecule has 1 unspecified atom stereocenters. The third-order valence-corrected chi connectivity index (χ3v) is 6.62. The van der Waals surface area contributed by atoms with Gasteiger partial charge in [-0.3, -0.25) is 25.2 Å². The van der Waals surface area contributed by atoms with Gasteiger partial charge in [0.05, 0.1) is 4.90 Å². The van der Waals surface area contributed by atoms with Crippen LogP contribution < -0.4 is 20.3 Å². The highest BCUT2D eigenvalue weighted by molar-refractivity contribution is 7.92. The molecule has 8 nitrogen and oxygen atoms in total. The molecule has 0 bridgehead atoms. The maximum absolute atomic E-state index is 12.7. The Morgan fingerprint density at radius 2 is 1.56 bits per heavy atom. The van der Waals surface area contributed by atoms with Gasteiger partial charge in [-0.25, -0.2) is 8.42 Å². The summed E-state index contributed by atoms with van der Waals surface area (Å²) in [6.07, 6.45) is -0.869. The van der Waals surface area contributed by atoms with E-state index in [0.717, 1.165) is 16.7 Å². The molecule has 34 heavy (non-hydrogen) atoms. The second-order valence-corrected chi connectivity index (χ2v) is 9.58. The van der Waals surface area contributed by atoms with Gasteiger partial charge in [-0.15, -0.1) is 0 Å². The van der Waals surface area contributed by atoms with Crippen LogP contribution in [0.3, 0.4) is 0 Å². The van der Waals surface area contributed by atoms with E-state index in [1.54, 1.807) is 37.3 Å². The van der Waals surface area contributed by atoms with Crippen molar-refractivity contribution in [2.45, 2.75) is 38.7 Å². The molecule has 3 rings (SSSR count). The third-order valence-electron chi connectivity index (χ3n) is 5.24. The minimum absolute atomic E-state index is 0.0650. The minimum atomic E-state index is -3.91. The Kier molecular flexibility index (Phi) is 7.57. The molecule has 0 spiro atoms. The Bertz CT molecular complexity index is 1300. The second kappa shape index (κ2) is 10.4. The van der Waals surface area contributed by atoms with E-state index in [1.807, 2.05) is 32.9 Å². The highest BCUT2D eigenvalue weighted by atomic mass is 32.2. The second-order valence-electron chi connectivity index (χ2n) is 7.90. The molecule has 9 heteroatoms. The lowest BCUT2D eigenvalue weighted by Gasteiger charge is -2.17. The molecule has 0 radical (unpaired) electrons. The van der Waals surface area contributed by atoms with Crippen LogP contribution in [0.4, 0.5) is 5.69 Å². The number of hydrazine groups is 1. The zero-order valence-corrected chi connectivity index (χ0v) is 20.2. The Labute approximate surface area is 199 Å². The van der Waals surface area contributed by atoms with Gasteiger partial charge in [0, 0.05) is 11.3 Å². The van der Waals surface area contributed by atoms with Crippen LogP contribution in [-0.4, -0.2) is 26.3 Å². The first-order valence-electron chi connectivity index (χ1n) is 10.6. The van der Waals surface area contributed by atoms with Crippen LogP contribution in [0, 0.1) is 20.8 Å². The third kappa shape index (κ3) is 6.14. The highest BCUT2D eigenvalue weighted by Crippen LogP contribution is 2.22. The fourth-order valence-corrected chi connectivity index (χ4v) is 4.13. The van der Waals surface area contributed by atoms with Crippen molar-refractivity contribution < 1.29 is 22.7 Å². The number of carbonyl (C=O) groups is 2. The lowest BCUT2D eigenvalue weighted by atomic mass is 10.1. The van der Waals surface area contributed by atoms with Crippen molar-refractivity contribution in [2.75, 3.05) is 4.72 Å². The number of rotatable bonds is 7. The quantitative estimate of drug-likeness (QED) is 0.446. The number of anilines is 1. The molecular weight excluding hydrogens is 454 g/mol. The molecule has 0 saturated heterocycles. The average Bonchev–Trinajstić information content (AvgIpc) is 2.81. The summed E-state index contributed by atoms with van der Waals surface area (Å²) in [6.45, 7) is 7.30. The zero-order chi connectivity index (χ0) is 24.9. The van der Waals surface area contributed by atoms with Crippen molar-refractivity contribution in [2.24, 2.45) is 0 Å². The lowest BCUT2D eigenvalue weighted by molar-refractivity contribution is -0.128. The maximum atomic E-state index is 12.7. The van der Waals surface area contributed by atoms with Crippen molar-refractivity contribution in [3.63, 3.8) is 0 Å². The SMILES string of the molecule is Cc1ccc(NS(=O)(=O)c2cccc(C(=O)NNC(=O)C(C)Oc3cccc(C)c3C)c2)cc1. The topological polar surface area (TPSA) is 114 Å². The van der Waals surface area contributed by atoms with Gasteiger partial charge < -0.3 is 4.74 Å². The van der Waals surface area contributed by atoms with Gasteiger partial charge in [0.25, 0.3) is 21.8 Å². The number of aryl methyl sites for hydroxylation is 2. The van der Waals surface area contributed by atoms with E-state index in [0.29, 0.717) is 11.4 Å². The summed E-state index contributed by atoms with van der Waals surface area (Å²) in [7, 11) is -3.91. The van der Waals surface area contributed by atoms with Crippen LogP contribution in [0.2, 0.25) is 0 Å². The predicted molar refractivity (Wildman–Crippen MR) is 130 cm³/mol. The van der Waals surface area contributed by atoms with Crippen LogP contribution in [0.15, 0.2) is 71.6 Å². The van der Waals surface area contributed by atoms with Crippen LogP contribution in [0.25, 0.3) is 0 Å². The van der Waals surface area contributed by atoms with E-state index in [2.05, 4.69) is 15.6 Å². The van der Waals surface area contributed by atoms with Gasteiger partial charge in [-0.05, 0) is 75.2 Å². The Balaban J connectivity index is 1.63. The Morgan fingerprint density at radius 3 is 2.26 bits per heavy atom. The largest absolute Gasteiger partial charge is 0.481 e. The van der Waals surface area contributed by atoms with E-state index in [-0.39, 0.29) is 10.5 Å². The van der Waals surface area contributed by atoms with Gasteiger partial charge in [0.2, 0.25) is 0 Å².